The van der Waals surface area contributed by atoms with E-state index < -0.39 is 0 Å². The fourth-order valence-electron chi connectivity index (χ4n) is 1.69. The summed E-state index contributed by atoms with van der Waals surface area (Å²) < 4.78 is 0. The molecule has 0 aromatic heterocycles. The summed E-state index contributed by atoms with van der Waals surface area (Å²) in [6, 6.07) is 14.1. The van der Waals surface area contributed by atoms with Crippen molar-refractivity contribution in [3.05, 3.63) is 59.7 Å². The molecule has 0 unspecified atom stereocenters. The summed E-state index contributed by atoms with van der Waals surface area (Å²) in [5, 5.41) is 3.04. The van der Waals surface area contributed by atoms with E-state index in [1.54, 1.807) is 36.4 Å². The van der Waals surface area contributed by atoms with Crippen molar-refractivity contribution < 1.29 is 4.79 Å². The number of rotatable bonds is 4. The molecule has 0 heterocycles. The van der Waals surface area contributed by atoms with Gasteiger partial charge in [-0.3, -0.25) is 4.79 Å². The van der Waals surface area contributed by atoms with Gasteiger partial charge in [-0.25, -0.2) is 0 Å². The molecular formula is C16H14N2O. The number of benzene rings is 2. The summed E-state index contributed by atoms with van der Waals surface area (Å²) in [7, 11) is 0. The molecule has 0 bridgehead atoms. The van der Waals surface area contributed by atoms with Gasteiger partial charge in [0, 0.05) is 22.5 Å². The van der Waals surface area contributed by atoms with E-state index in [1.165, 1.54) is 0 Å². The molecule has 19 heavy (non-hydrogen) atoms. The van der Waals surface area contributed by atoms with Gasteiger partial charge in [0.05, 0.1) is 6.54 Å². The number of hydrogen-bond acceptors (Lipinski definition) is 3. The maximum Gasteiger partial charge on any atom is 0.193 e. The van der Waals surface area contributed by atoms with E-state index in [1.807, 2.05) is 12.1 Å². The van der Waals surface area contributed by atoms with E-state index in [9.17, 15) is 4.79 Å². The molecule has 0 fully saturated rings. The number of hydrogen-bond donors (Lipinski definition) is 2. The van der Waals surface area contributed by atoms with Crippen LogP contribution in [-0.4, -0.2) is 12.3 Å². The number of carbonyl (C=O) groups excluding carboxylic acids is 1. The van der Waals surface area contributed by atoms with Crippen molar-refractivity contribution in [3.8, 4) is 12.3 Å². The lowest BCUT2D eigenvalue weighted by Crippen LogP contribution is -2.03. The van der Waals surface area contributed by atoms with Crippen LogP contribution in [0.1, 0.15) is 15.9 Å². The number of ketones is 1. The molecule has 3 heteroatoms. The van der Waals surface area contributed by atoms with Gasteiger partial charge in [0.25, 0.3) is 0 Å². The molecule has 2 rings (SSSR count). The van der Waals surface area contributed by atoms with Crippen LogP contribution in [-0.2, 0) is 0 Å². The highest BCUT2D eigenvalue weighted by Crippen LogP contribution is 2.14. The molecule has 0 saturated heterocycles. The summed E-state index contributed by atoms with van der Waals surface area (Å²) >= 11 is 0. The molecule has 0 spiro atoms. The second-order valence-electron chi connectivity index (χ2n) is 4.09. The van der Waals surface area contributed by atoms with Crippen LogP contribution in [0.5, 0.6) is 0 Å². The molecule has 0 aliphatic rings. The Kier molecular flexibility index (Phi) is 3.84. The maximum absolute atomic E-state index is 12.2. The first-order valence-corrected chi connectivity index (χ1v) is 5.88. The largest absolute Gasteiger partial charge is 0.399 e. The molecule has 3 nitrogen and oxygen atoms in total. The van der Waals surface area contributed by atoms with Gasteiger partial charge in [-0.1, -0.05) is 5.92 Å². The van der Waals surface area contributed by atoms with Gasteiger partial charge in [-0.15, -0.1) is 6.42 Å². The molecule has 0 saturated carbocycles. The Bertz CT molecular complexity index is 607. The van der Waals surface area contributed by atoms with Crippen LogP contribution in [0.2, 0.25) is 0 Å². The Labute approximate surface area is 112 Å². The minimum Gasteiger partial charge on any atom is -0.399 e. The van der Waals surface area contributed by atoms with Gasteiger partial charge in [0.15, 0.2) is 5.78 Å². The van der Waals surface area contributed by atoms with Gasteiger partial charge in [-0.05, 0) is 48.5 Å². The minimum absolute atomic E-state index is 0.0245. The topological polar surface area (TPSA) is 55.1 Å². The SMILES string of the molecule is C#CCNc1ccc(C(=O)c2ccc(N)cc2)cc1. The fraction of sp³-hybridized carbons (Fsp3) is 0.0625. The maximum atomic E-state index is 12.2. The average molecular weight is 250 g/mol. The van der Waals surface area contributed by atoms with E-state index in [2.05, 4.69) is 11.2 Å². The second-order valence-corrected chi connectivity index (χ2v) is 4.09. The van der Waals surface area contributed by atoms with Crippen LogP contribution in [0, 0.1) is 12.3 Å². The zero-order valence-corrected chi connectivity index (χ0v) is 10.4. The second kappa shape index (κ2) is 5.74. The summed E-state index contributed by atoms with van der Waals surface area (Å²) in [6.07, 6.45) is 5.17. The van der Waals surface area contributed by atoms with E-state index in [0.29, 0.717) is 23.4 Å². The monoisotopic (exact) mass is 250 g/mol. The van der Waals surface area contributed by atoms with Crippen molar-refractivity contribution in [2.45, 2.75) is 0 Å². The smallest absolute Gasteiger partial charge is 0.193 e. The van der Waals surface area contributed by atoms with Crippen molar-refractivity contribution >= 4 is 17.2 Å². The number of terminal acetylenes is 1. The standard InChI is InChI=1S/C16H14N2O/c1-2-11-18-15-9-5-13(6-10-15)16(19)12-3-7-14(17)8-4-12/h1,3-10,18H,11,17H2. The van der Waals surface area contributed by atoms with Crippen molar-refractivity contribution in [3.63, 3.8) is 0 Å². The molecule has 94 valence electrons. The Morgan fingerprint density at radius 3 is 2.11 bits per heavy atom. The number of nitrogen functional groups attached to an aromatic ring is 1. The zero-order valence-electron chi connectivity index (χ0n) is 10.4. The number of nitrogens with two attached hydrogens (primary N) is 1. The Balaban J connectivity index is 2.16. The van der Waals surface area contributed by atoms with Crippen LogP contribution < -0.4 is 11.1 Å². The van der Waals surface area contributed by atoms with E-state index in [4.69, 9.17) is 12.2 Å². The Hall–Kier alpha value is -2.73. The van der Waals surface area contributed by atoms with Crippen LogP contribution in [0.3, 0.4) is 0 Å². The van der Waals surface area contributed by atoms with Crippen LogP contribution in [0.15, 0.2) is 48.5 Å². The van der Waals surface area contributed by atoms with E-state index in [0.717, 1.165) is 5.69 Å². The molecule has 2 aromatic carbocycles. The summed E-state index contributed by atoms with van der Waals surface area (Å²) in [5.41, 5.74) is 8.39. The Morgan fingerprint density at radius 1 is 1.05 bits per heavy atom. The molecular weight excluding hydrogens is 236 g/mol. The molecule has 3 N–H and O–H groups in total. The van der Waals surface area contributed by atoms with Crippen molar-refractivity contribution in [2.24, 2.45) is 0 Å². The van der Waals surface area contributed by atoms with E-state index >= 15 is 0 Å². The highest BCUT2D eigenvalue weighted by atomic mass is 16.1. The average Bonchev–Trinajstić information content (AvgIpc) is 2.46. The number of nitrogens with one attached hydrogen (secondary N) is 1. The lowest BCUT2D eigenvalue weighted by atomic mass is 10.0. The lowest BCUT2D eigenvalue weighted by Gasteiger charge is -2.05. The summed E-state index contributed by atoms with van der Waals surface area (Å²) in [5.74, 6) is 2.47. The Morgan fingerprint density at radius 2 is 1.58 bits per heavy atom. The zero-order chi connectivity index (χ0) is 13.7. The first kappa shape index (κ1) is 12.7. The van der Waals surface area contributed by atoms with Gasteiger partial charge in [0.2, 0.25) is 0 Å². The molecule has 0 aliphatic heterocycles. The first-order chi connectivity index (χ1) is 9.20. The van der Waals surface area contributed by atoms with Gasteiger partial charge >= 0.3 is 0 Å². The predicted molar refractivity (Wildman–Crippen MR) is 78.1 cm³/mol. The van der Waals surface area contributed by atoms with Crippen molar-refractivity contribution in [1.29, 1.82) is 0 Å². The summed E-state index contributed by atoms with van der Waals surface area (Å²) in [4.78, 5) is 12.2. The quantitative estimate of drug-likeness (QED) is 0.498. The highest BCUT2D eigenvalue weighted by molar-refractivity contribution is 6.09. The predicted octanol–water partition coefficient (Wildman–Crippen LogP) is 2.54. The van der Waals surface area contributed by atoms with Crippen LogP contribution in [0.4, 0.5) is 11.4 Å². The number of carbonyl (C=O) groups is 1. The van der Waals surface area contributed by atoms with Crippen LogP contribution in [0.25, 0.3) is 0 Å². The summed E-state index contributed by atoms with van der Waals surface area (Å²) in [6.45, 7) is 0.464. The molecule has 0 aliphatic carbocycles. The minimum atomic E-state index is -0.0245. The first-order valence-electron chi connectivity index (χ1n) is 5.88. The third kappa shape index (κ3) is 3.14. The van der Waals surface area contributed by atoms with Gasteiger partial charge in [0.1, 0.15) is 0 Å². The van der Waals surface area contributed by atoms with Crippen molar-refractivity contribution in [2.75, 3.05) is 17.6 Å². The highest BCUT2D eigenvalue weighted by Gasteiger charge is 2.08. The van der Waals surface area contributed by atoms with Gasteiger partial charge < -0.3 is 11.1 Å². The number of anilines is 2. The molecule has 0 amide bonds. The van der Waals surface area contributed by atoms with Crippen LogP contribution >= 0.6 is 0 Å². The van der Waals surface area contributed by atoms with E-state index in [-0.39, 0.29) is 5.78 Å². The fourth-order valence-corrected chi connectivity index (χ4v) is 1.69. The molecule has 2 aromatic rings. The third-order valence-electron chi connectivity index (χ3n) is 2.71. The third-order valence-corrected chi connectivity index (χ3v) is 2.71. The van der Waals surface area contributed by atoms with Gasteiger partial charge in [-0.2, -0.15) is 0 Å². The molecule has 0 radical (unpaired) electrons. The molecule has 0 atom stereocenters. The normalized spacial score (nSPS) is 9.63. The lowest BCUT2D eigenvalue weighted by molar-refractivity contribution is 0.103. The van der Waals surface area contributed by atoms with Crippen molar-refractivity contribution in [1.82, 2.24) is 0 Å².